The highest BCUT2D eigenvalue weighted by molar-refractivity contribution is 5.79. The van der Waals surface area contributed by atoms with Crippen molar-refractivity contribution in [1.82, 2.24) is 0 Å². The Morgan fingerprint density at radius 2 is 1.76 bits per heavy atom. The lowest BCUT2D eigenvalue weighted by molar-refractivity contribution is -0.122. The van der Waals surface area contributed by atoms with E-state index in [1.54, 1.807) is 6.92 Å². The molecule has 0 aliphatic rings. The van der Waals surface area contributed by atoms with E-state index in [0.29, 0.717) is 11.8 Å². The molecule has 0 aliphatic heterocycles. The monoisotopic (exact) mass is 233 g/mol. The molecule has 0 saturated heterocycles. The minimum atomic E-state index is 0.101. The lowest BCUT2D eigenvalue weighted by Crippen LogP contribution is -2.25. The van der Waals surface area contributed by atoms with Crippen LogP contribution in [-0.4, -0.2) is 5.78 Å². The molecule has 1 aromatic carbocycles. The van der Waals surface area contributed by atoms with Crippen LogP contribution in [0.25, 0.3) is 0 Å². The lowest BCUT2D eigenvalue weighted by atomic mass is 9.76. The third-order valence-electron chi connectivity index (χ3n) is 3.43. The summed E-state index contributed by atoms with van der Waals surface area (Å²) in [4.78, 5) is 11.8. The van der Waals surface area contributed by atoms with Gasteiger partial charge in [-0.1, -0.05) is 32.9 Å². The van der Waals surface area contributed by atoms with Gasteiger partial charge in [0.25, 0.3) is 0 Å². The maximum absolute atomic E-state index is 11.8. The minimum absolute atomic E-state index is 0.101. The molecule has 17 heavy (non-hydrogen) atoms. The number of nitrogen functional groups attached to an aromatic ring is 1. The molecule has 0 bridgehead atoms. The average Bonchev–Trinajstić information content (AvgIpc) is 2.26. The number of hydrogen-bond donors (Lipinski definition) is 1. The van der Waals surface area contributed by atoms with Crippen LogP contribution in [0, 0.1) is 11.8 Å². The van der Waals surface area contributed by atoms with E-state index >= 15 is 0 Å². The van der Waals surface area contributed by atoms with Crippen LogP contribution in [0.1, 0.15) is 45.6 Å². The predicted molar refractivity (Wildman–Crippen MR) is 72.9 cm³/mol. The summed E-state index contributed by atoms with van der Waals surface area (Å²) >= 11 is 0. The van der Waals surface area contributed by atoms with Gasteiger partial charge in [-0.2, -0.15) is 0 Å². The summed E-state index contributed by atoms with van der Waals surface area (Å²) in [5, 5.41) is 0. The van der Waals surface area contributed by atoms with E-state index in [2.05, 4.69) is 20.8 Å². The summed E-state index contributed by atoms with van der Waals surface area (Å²) in [6, 6.07) is 7.91. The number of anilines is 1. The van der Waals surface area contributed by atoms with Crippen molar-refractivity contribution in [2.75, 3.05) is 5.73 Å². The number of ketones is 1. The van der Waals surface area contributed by atoms with Gasteiger partial charge in [-0.05, 0) is 42.9 Å². The second-order valence-corrected chi connectivity index (χ2v) is 5.06. The minimum Gasteiger partial charge on any atom is -0.399 e. The largest absolute Gasteiger partial charge is 0.399 e. The zero-order valence-electron chi connectivity index (χ0n) is 11.2. The van der Waals surface area contributed by atoms with Gasteiger partial charge in [-0.15, -0.1) is 0 Å². The normalized spacial score (nSPS) is 14.6. The van der Waals surface area contributed by atoms with E-state index in [-0.39, 0.29) is 11.7 Å². The van der Waals surface area contributed by atoms with Crippen LogP contribution in [0.4, 0.5) is 5.69 Å². The summed E-state index contributed by atoms with van der Waals surface area (Å²) < 4.78 is 0. The summed E-state index contributed by atoms with van der Waals surface area (Å²) in [6.45, 7) is 8.07. The molecule has 2 atom stereocenters. The van der Waals surface area contributed by atoms with Crippen molar-refractivity contribution in [3.63, 3.8) is 0 Å². The Balaban J connectivity index is 3.04. The lowest BCUT2D eigenvalue weighted by Gasteiger charge is -2.27. The highest BCUT2D eigenvalue weighted by Crippen LogP contribution is 2.34. The number of nitrogens with two attached hydrogens (primary N) is 1. The summed E-state index contributed by atoms with van der Waals surface area (Å²) in [7, 11) is 0. The van der Waals surface area contributed by atoms with Gasteiger partial charge in [0, 0.05) is 11.6 Å². The molecule has 2 nitrogen and oxygen atoms in total. The first kappa shape index (κ1) is 13.8. The van der Waals surface area contributed by atoms with Crippen LogP contribution in [0.15, 0.2) is 24.3 Å². The summed E-state index contributed by atoms with van der Waals surface area (Å²) in [5.74, 6) is 1.05. The maximum atomic E-state index is 11.8. The van der Waals surface area contributed by atoms with E-state index in [1.807, 2.05) is 24.3 Å². The molecule has 0 spiro atoms. The maximum Gasteiger partial charge on any atom is 0.133 e. The molecule has 0 heterocycles. The third kappa shape index (κ3) is 3.32. The Morgan fingerprint density at radius 1 is 1.24 bits per heavy atom. The fourth-order valence-electron chi connectivity index (χ4n) is 2.66. The summed E-state index contributed by atoms with van der Waals surface area (Å²) in [6.07, 6.45) is 0.979. The SMILES string of the molecule is CCC(c1ccc(N)cc1)C(C(C)=O)C(C)C. The van der Waals surface area contributed by atoms with Crippen LogP contribution in [0.5, 0.6) is 0 Å². The van der Waals surface area contributed by atoms with Gasteiger partial charge in [0.15, 0.2) is 0 Å². The van der Waals surface area contributed by atoms with Gasteiger partial charge in [0.05, 0.1) is 0 Å². The molecular weight excluding hydrogens is 210 g/mol. The quantitative estimate of drug-likeness (QED) is 0.789. The van der Waals surface area contributed by atoms with Gasteiger partial charge in [0.2, 0.25) is 0 Å². The van der Waals surface area contributed by atoms with Crippen molar-refractivity contribution in [3.8, 4) is 0 Å². The van der Waals surface area contributed by atoms with E-state index in [0.717, 1.165) is 12.1 Å². The molecule has 1 rings (SSSR count). The Bertz CT molecular complexity index is 367. The number of Topliss-reactive ketones (excluding diaryl/α,β-unsaturated/α-hetero) is 1. The smallest absolute Gasteiger partial charge is 0.133 e. The summed E-state index contributed by atoms with van der Waals surface area (Å²) in [5.41, 5.74) is 7.69. The van der Waals surface area contributed by atoms with Crippen molar-refractivity contribution >= 4 is 11.5 Å². The van der Waals surface area contributed by atoms with Gasteiger partial charge < -0.3 is 5.73 Å². The van der Waals surface area contributed by atoms with Crippen molar-refractivity contribution in [3.05, 3.63) is 29.8 Å². The molecule has 0 aromatic heterocycles. The van der Waals surface area contributed by atoms with E-state index in [9.17, 15) is 4.79 Å². The molecule has 0 amide bonds. The molecule has 94 valence electrons. The zero-order chi connectivity index (χ0) is 13.0. The highest BCUT2D eigenvalue weighted by atomic mass is 16.1. The van der Waals surface area contributed by atoms with Gasteiger partial charge in [-0.3, -0.25) is 4.79 Å². The van der Waals surface area contributed by atoms with E-state index in [4.69, 9.17) is 5.73 Å². The molecule has 2 heteroatoms. The predicted octanol–water partition coefficient (Wildman–Crippen LogP) is 3.62. The molecule has 2 unspecified atom stereocenters. The van der Waals surface area contributed by atoms with Crippen LogP contribution in [-0.2, 0) is 4.79 Å². The van der Waals surface area contributed by atoms with E-state index in [1.165, 1.54) is 5.56 Å². The molecule has 0 saturated carbocycles. The van der Waals surface area contributed by atoms with Crippen molar-refractivity contribution < 1.29 is 4.79 Å². The van der Waals surface area contributed by atoms with Crippen molar-refractivity contribution in [2.45, 2.75) is 40.0 Å². The van der Waals surface area contributed by atoms with Crippen LogP contribution in [0.3, 0.4) is 0 Å². The number of benzene rings is 1. The zero-order valence-corrected chi connectivity index (χ0v) is 11.2. The topological polar surface area (TPSA) is 43.1 Å². The second kappa shape index (κ2) is 5.85. The Morgan fingerprint density at radius 3 is 2.12 bits per heavy atom. The highest BCUT2D eigenvalue weighted by Gasteiger charge is 2.28. The van der Waals surface area contributed by atoms with Crippen LogP contribution >= 0.6 is 0 Å². The molecule has 0 radical (unpaired) electrons. The number of carbonyl (C=O) groups is 1. The van der Waals surface area contributed by atoms with Crippen LogP contribution in [0.2, 0.25) is 0 Å². The Labute approximate surface area is 104 Å². The van der Waals surface area contributed by atoms with Crippen molar-refractivity contribution in [1.29, 1.82) is 0 Å². The number of carbonyl (C=O) groups excluding carboxylic acids is 1. The average molecular weight is 233 g/mol. The van der Waals surface area contributed by atoms with Gasteiger partial charge in [0.1, 0.15) is 5.78 Å². The molecule has 0 aliphatic carbocycles. The van der Waals surface area contributed by atoms with E-state index < -0.39 is 0 Å². The first-order chi connectivity index (χ1) is 7.97. The van der Waals surface area contributed by atoms with Gasteiger partial charge >= 0.3 is 0 Å². The standard InChI is InChI=1S/C15H23NO/c1-5-14(15(10(2)3)11(4)17)12-6-8-13(16)9-7-12/h6-10,14-15H,5,16H2,1-4H3. The fourth-order valence-corrected chi connectivity index (χ4v) is 2.66. The Hall–Kier alpha value is -1.31. The molecule has 1 aromatic rings. The number of rotatable bonds is 5. The fraction of sp³-hybridized carbons (Fsp3) is 0.533. The molecular formula is C15H23NO. The molecule has 0 fully saturated rings. The first-order valence-corrected chi connectivity index (χ1v) is 6.33. The first-order valence-electron chi connectivity index (χ1n) is 6.33. The number of hydrogen-bond acceptors (Lipinski definition) is 2. The Kier molecular flexibility index (Phi) is 4.73. The van der Waals surface area contributed by atoms with Gasteiger partial charge in [-0.25, -0.2) is 0 Å². The van der Waals surface area contributed by atoms with Crippen molar-refractivity contribution in [2.24, 2.45) is 11.8 Å². The van der Waals surface area contributed by atoms with Crippen LogP contribution < -0.4 is 5.73 Å². The second-order valence-electron chi connectivity index (χ2n) is 5.06. The molecule has 2 N–H and O–H groups in total. The third-order valence-corrected chi connectivity index (χ3v) is 3.43.